The fourth-order valence-corrected chi connectivity index (χ4v) is 1.26. The van der Waals surface area contributed by atoms with Gasteiger partial charge in [-0.25, -0.2) is 9.59 Å². The number of carbonyl (C=O) groups excluding carboxylic acids is 2. The van der Waals surface area contributed by atoms with Crippen LogP contribution in [0, 0.1) is 0 Å². The summed E-state index contributed by atoms with van der Waals surface area (Å²) in [6.45, 7) is 0.153. The van der Waals surface area contributed by atoms with Crippen molar-refractivity contribution in [3.63, 3.8) is 0 Å². The quantitative estimate of drug-likeness (QED) is 0.597. The van der Waals surface area contributed by atoms with Crippen LogP contribution in [0.2, 0.25) is 0 Å². The number of carboxylic acids is 1. The molecule has 0 saturated carbocycles. The van der Waals surface area contributed by atoms with Gasteiger partial charge < -0.3 is 21.1 Å². The lowest BCUT2D eigenvalue weighted by Crippen LogP contribution is -2.40. The largest absolute Gasteiger partial charge is 0.478 e. The zero-order valence-corrected chi connectivity index (χ0v) is 10.4. The molecule has 0 unspecified atom stereocenters. The first-order valence-corrected chi connectivity index (χ1v) is 5.57. The van der Waals surface area contributed by atoms with Gasteiger partial charge in [0.25, 0.3) is 0 Å². The van der Waals surface area contributed by atoms with E-state index in [4.69, 9.17) is 5.11 Å². The maximum atomic E-state index is 11.3. The number of likely N-dealkylation sites (N-methyl/N-ethyl adjacent to an activating group) is 1. The van der Waals surface area contributed by atoms with Crippen molar-refractivity contribution in [3.05, 3.63) is 35.4 Å². The highest BCUT2D eigenvalue weighted by atomic mass is 16.4. The van der Waals surface area contributed by atoms with E-state index in [1.165, 1.54) is 19.2 Å². The molecule has 3 amide bonds. The molecule has 0 bridgehead atoms. The molecule has 0 fully saturated rings. The third-order valence-electron chi connectivity index (χ3n) is 2.34. The van der Waals surface area contributed by atoms with Crippen molar-refractivity contribution in [1.29, 1.82) is 0 Å². The second-order valence-corrected chi connectivity index (χ2v) is 3.71. The molecule has 0 spiro atoms. The van der Waals surface area contributed by atoms with Gasteiger partial charge in [-0.2, -0.15) is 0 Å². The minimum absolute atomic E-state index is 0.0969. The van der Waals surface area contributed by atoms with Gasteiger partial charge in [-0.15, -0.1) is 0 Å². The summed E-state index contributed by atoms with van der Waals surface area (Å²) >= 11 is 0. The summed E-state index contributed by atoms with van der Waals surface area (Å²) in [5, 5.41) is 16.0. The van der Waals surface area contributed by atoms with Crippen LogP contribution in [0.15, 0.2) is 24.3 Å². The van der Waals surface area contributed by atoms with E-state index in [1.807, 2.05) is 0 Å². The Bertz CT molecular complexity index is 470. The number of amides is 3. The molecular weight excluding hydrogens is 250 g/mol. The standard InChI is InChI=1S/C12H15N3O4/c1-13-10(16)7-15-12(19)14-6-8-2-4-9(5-3-8)11(17)18/h2-5H,6-7H2,1H3,(H,13,16)(H,17,18)(H2,14,15,19). The lowest BCUT2D eigenvalue weighted by atomic mass is 10.1. The lowest BCUT2D eigenvalue weighted by molar-refractivity contribution is -0.119. The van der Waals surface area contributed by atoms with Crippen molar-refractivity contribution in [2.75, 3.05) is 13.6 Å². The fraction of sp³-hybridized carbons (Fsp3) is 0.250. The number of urea groups is 1. The molecule has 0 heterocycles. The minimum atomic E-state index is -0.997. The first-order valence-electron chi connectivity index (χ1n) is 5.57. The summed E-state index contributed by atoms with van der Waals surface area (Å²) in [5.74, 6) is -1.29. The van der Waals surface area contributed by atoms with Crippen LogP contribution in [0.1, 0.15) is 15.9 Å². The molecule has 0 aliphatic heterocycles. The smallest absolute Gasteiger partial charge is 0.335 e. The Morgan fingerprint density at radius 3 is 2.26 bits per heavy atom. The van der Waals surface area contributed by atoms with E-state index >= 15 is 0 Å². The van der Waals surface area contributed by atoms with Crippen LogP contribution in [0.5, 0.6) is 0 Å². The van der Waals surface area contributed by atoms with Gasteiger partial charge in [0.05, 0.1) is 12.1 Å². The lowest BCUT2D eigenvalue weighted by Gasteiger charge is -2.07. The first kappa shape index (κ1) is 14.5. The number of carbonyl (C=O) groups is 3. The third-order valence-corrected chi connectivity index (χ3v) is 2.34. The minimum Gasteiger partial charge on any atom is -0.478 e. The van der Waals surface area contributed by atoms with E-state index in [0.29, 0.717) is 0 Å². The van der Waals surface area contributed by atoms with E-state index in [1.54, 1.807) is 12.1 Å². The highest BCUT2D eigenvalue weighted by Crippen LogP contribution is 2.03. The molecule has 0 aliphatic rings. The summed E-state index contributed by atoms with van der Waals surface area (Å²) in [5.41, 5.74) is 0.952. The summed E-state index contributed by atoms with van der Waals surface area (Å²) in [7, 11) is 1.48. The number of nitrogens with one attached hydrogen (secondary N) is 3. The fourth-order valence-electron chi connectivity index (χ4n) is 1.26. The molecule has 7 heteroatoms. The molecule has 1 aromatic rings. The molecule has 4 N–H and O–H groups in total. The van der Waals surface area contributed by atoms with Crippen molar-refractivity contribution in [2.24, 2.45) is 0 Å². The predicted molar refractivity (Wildman–Crippen MR) is 67.7 cm³/mol. The Morgan fingerprint density at radius 2 is 1.74 bits per heavy atom. The molecular formula is C12H15N3O4. The first-order chi connectivity index (χ1) is 9.02. The number of benzene rings is 1. The van der Waals surface area contributed by atoms with E-state index in [-0.39, 0.29) is 24.6 Å². The second-order valence-electron chi connectivity index (χ2n) is 3.71. The topological polar surface area (TPSA) is 108 Å². The maximum Gasteiger partial charge on any atom is 0.335 e. The highest BCUT2D eigenvalue weighted by molar-refractivity contribution is 5.87. The third kappa shape index (κ3) is 5.07. The van der Waals surface area contributed by atoms with Crippen LogP contribution in [0.3, 0.4) is 0 Å². The van der Waals surface area contributed by atoms with Crippen LogP contribution in [0.25, 0.3) is 0 Å². The Morgan fingerprint density at radius 1 is 1.11 bits per heavy atom. The number of hydrogen-bond acceptors (Lipinski definition) is 3. The second kappa shape index (κ2) is 7.00. The Hall–Kier alpha value is -2.57. The molecule has 1 aromatic carbocycles. The van der Waals surface area contributed by atoms with Crippen molar-refractivity contribution in [1.82, 2.24) is 16.0 Å². The number of hydrogen-bond donors (Lipinski definition) is 4. The van der Waals surface area contributed by atoms with Crippen LogP contribution < -0.4 is 16.0 Å². The monoisotopic (exact) mass is 265 g/mol. The maximum absolute atomic E-state index is 11.3. The molecule has 0 aliphatic carbocycles. The molecule has 0 saturated heterocycles. The van der Waals surface area contributed by atoms with E-state index in [9.17, 15) is 14.4 Å². The van der Waals surface area contributed by atoms with E-state index in [0.717, 1.165) is 5.56 Å². The number of carboxylic acid groups (broad SMARTS) is 1. The summed E-state index contributed by atoms with van der Waals surface area (Å²) in [6, 6.07) is 5.68. The van der Waals surface area contributed by atoms with E-state index in [2.05, 4.69) is 16.0 Å². The zero-order valence-electron chi connectivity index (χ0n) is 10.4. The van der Waals surface area contributed by atoms with Crippen molar-refractivity contribution in [2.45, 2.75) is 6.54 Å². The molecule has 7 nitrogen and oxygen atoms in total. The van der Waals surface area contributed by atoms with Gasteiger partial charge >= 0.3 is 12.0 Å². The molecule has 19 heavy (non-hydrogen) atoms. The zero-order chi connectivity index (χ0) is 14.3. The average Bonchev–Trinajstić information content (AvgIpc) is 2.42. The van der Waals surface area contributed by atoms with Gasteiger partial charge in [-0.1, -0.05) is 12.1 Å². The SMILES string of the molecule is CNC(=O)CNC(=O)NCc1ccc(C(=O)O)cc1. The van der Waals surface area contributed by atoms with Gasteiger partial charge in [-0.05, 0) is 17.7 Å². The van der Waals surface area contributed by atoms with Gasteiger partial charge in [-0.3, -0.25) is 4.79 Å². The predicted octanol–water partition coefficient (Wildman–Crippen LogP) is -0.0700. The summed E-state index contributed by atoms with van der Waals surface area (Å²) < 4.78 is 0. The number of rotatable bonds is 5. The molecule has 0 atom stereocenters. The van der Waals surface area contributed by atoms with Gasteiger partial charge in [0.15, 0.2) is 0 Å². The highest BCUT2D eigenvalue weighted by Gasteiger charge is 2.04. The molecule has 1 rings (SSSR count). The van der Waals surface area contributed by atoms with Gasteiger partial charge in [0.2, 0.25) is 5.91 Å². The Balaban J connectivity index is 2.37. The van der Waals surface area contributed by atoms with Gasteiger partial charge in [0.1, 0.15) is 0 Å². The van der Waals surface area contributed by atoms with Crippen molar-refractivity contribution in [3.8, 4) is 0 Å². The normalized spacial score (nSPS) is 9.53. The summed E-state index contributed by atoms with van der Waals surface area (Å²) in [4.78, 5) is 32.8. The summed E-state index contributed by atoms with van der Waals surface area (Å²) in [6.07, 6.45) is 0. The van der Waals surface area contributed by atoms with Crippen LogP contribution in [-0.2, 0) is 11.3 Å². The van der Waals surface area contributed by atoms with Crippen molar-refractivity contribution < 1.29 is 19.5 Å². The molecule has 0 aromatic heterocycles. The van der Waals surface area contributed by atoms with Crippen LogP contribution in [0.4, 0.5) is 4.79 Å². The number of aromatic carboxylic acids is 1. The van der Waals surface area contributed by atoms with Crippen LogP contribution in [-0.4, -0.2) is 36.6 Å². The Labute approximate surface area is 110 Å². The molecule has 102 valence electrons. The van der Waals surface area contributed by atoms with Gasteiger partial charge in [0, 0.05) is 13.6 Å². The Kier molecular flexibility index (Phi) is 5.34. The van der Waals surface area contributed by atoms with E-state index < -0.39 is 12.0 Å². The van der Waals surface area contributed by atoms with Crippen LogP contribution >= 0.6 is 0 Å². The molecule has 0 radical (unpaired) electrons. The average molecular weight is 265 g/mol. The van der Waals surface area contributed by atoms with Crippen molar-refractivity contribution >= 4 is 17.9 Å².